The second-order valence-corrected chi connectivity index (χ2v) is 5.74. The molecule has 1 atom stereocenters. The summed E-state index contributed by atoms with van der Waals surface area (Å²) < 4.78 is 29.0. The first-order chi connectivity index (χ1) is 11.0. The van der Waals surface area contributed by atoms with Crippen molar-refractivity contribution in [3.63, 3.8) is 0 Å². The van der Waals surface area contributed by atoms with Crippen LogP contribution < -0.4 is 4.90 Å². The zero-order valence-corrected chi connectivity index (χ0v) is 13.0. The number of halogens is 1. The van der Waals surface area contributed by atoms with Gasteiger partial charge in [-0.2, -0.15) is 0 Å². The Kier molecular flexibility index (Phi) is 4.21. The number of ether oxygens (including phenoxy) is 3. The Balaban J connectivity index is 1.73. The summed E-state index contributed by atoms with van der Waals surface area (Å²) in [6.07, 6.45) is 0.111. The van der Waals surface area contributed by atoms with Crippen LogP contribution in [0.5, 0.6) is 0 Å². The standard InChI is InChI=1S/C16H18FNO5/c1-21-11-5-9(6-11)12-4-3-10(7-13(12)17)18-8-14(15(19)22-2)23-16(18)20/h3-4,7,9,11,14H,5-6,8H2,1-2H3/t9?,11?,14-/m1/s1. The molecule has 1 aromatic carbocycles. The van der Waals surface area contributed by atoms with E-state index in [4.69, 9.17) is 9.47 Å². The molecule has 1 aliphatic heterocycles. The molecule has 7 heteroatoms. The Labute approximate surface area is 133 Å². The Morgan fingerprint density at radius 1 is 1.35 bits per heavy atom. The molecule has 1 aliphatic carbocycles. The van der Waals surface area contributed by atoms with Gasteiger partial charge in [0.2, 0.25) is 6.10 Å². The highest BCUT2D eigenvalue weighted by Gasteiger charge is 2.38. The molecule has 2 aliphatic rings. The molecule has 1 saturated carbocycles. The highest BCUT2D eigenvalue weighted by atomic mass is 19.1. The molecule has 2 fully saturated rings. The van der Waals surface area contributed by atoms with Gasteiger partial charge in [-0.3, -0.25) is 4.90 Å². The molecule has 1 heterocycles. The summed E-state index contributed by atoms with van der Waals surface area (Å²) >= 11 is 0. The van der Waals surface area contributed by atoms with Gasteiger partial charge in [0.15, 0.2) is 0 Å². The molecule has 0 radical (unpaired) electrons. The molecule has 1 amide bonds. The molecule has 23 heavy (non-hydrogen) atoms. The molecule has 124 valence electrons. The van der Waals surface area contributed by atoms with Gasteiger partial charge in [-0.15, -0.1) is 0 Å². The maximum Gasteiger partial charge on any atom is 0.415 e. The van der Waals surface area contributed by atoms with Crippen molar-refractivity contribution < 1.29 is 28.2 Å². The lowest BCUT2D eigenvalue weighted by Crippen LogP contribution is -2.30. The van der Waals surface area contributed by atoms with Crippen LogP contribution in [-0.4, -0.2) is 45.0 Å². The number of benzene rings is 1. The van der Waals surface area contributed by atoms with Crippen LogP contribution in [0.2, 0.25) is 0 Å². The van der Waals surface area contributed by atoms with Gasteiger partial charge >= 0.3 is 12.1 Å². The van der Waals surface area contributed by atoms with Crippen LogP contribution >= 0.6 is 0 Å². The van der Waals surface area contributed by atoms with Crippen LogP contribution in [0.4, 0.5) is 14.9 Å². The lowest BCUT2D eigenvalue weighted by atomic mass is 9.77. The van der Waals surface area contributed by atoms with Crippen LogP contribution in [0.1, 0.15) is 24.3 Å². The van der Waals surface area contributed by atoms with E-state index >= 15 is 0 Å². The third kappa shape index (κ3) is 2.88. The van der Waals surface area contributed by atoms with Gasteiger partial charge in [0.25, 0.3) is 0 Å². The van der Waals surface area contributed by atoms with Crippen molar-refractivity contribution in [3.8, 4) is 0 Å². The second-order valence-electron chi connectivity index (χ2n) is 5.74. The van der Waals surface area contributed by atoms with Gasteiger partial charge in [0.05, 0.1) is 25.4 Å². The first-order valence-electron chi connectivity index (χ1n) is 7.41. The van der Waals surface area contributed by atoms with Crippen molar-refractivity contribution in [2.75, 3.05) is 25.7 Å². The molecule has 0 unspecified atom stereocenters. The Morgan fingerprint density at radius 2 is 2.09 bits per heavy atom. The lowest BCUT2D eigenvalue weighted by Gasteiger charge is -2.34. The predicted molar refractivity (Wildman–Crippen MR) is 78.8 cm³/mol. The monoisotopic (exact) mass is 323 g/mol. The minimum atomic E-state index is -0.982. The molecular formula is C16H18FNO5. The van der Waals surface area contributed by atoms with E-state index in [0.29, 0.717) is 11.3 Å². The number of cyclic esters (lactones) is 1. The molecule has 0 aromatic heterocycles. The first-order valence-corrected chi connectivity index (χ1v) is 7.41. The number of carbonyl (C=O) groups is 2. The van der Waals surface area contributed by atoms with E-state index in [0.717, 1.165) is 12.8 Å². The third-order valence-corrected chi connectivity index (χ3v) is 4.44. The average Bonchev–Trinajstić information content (AvgIpc) is 2.89. The van der Waals surface area contributed by atoms with Gasteiger partial charge in [-0.1, -0.05) is 6.07 Å². The zero-order valence-electron chi connectivity index (χ0n) is 13.0. The maximum atomic E-state index is 14.3. The summed E-state index contributed by atoms with van der Waals surface area (Å²) in [5.41, 5.74) is 0.990. The smallest absolute Gasteiger partial charge is 0.415 e. The van der Waals surface area contributed by atoms with Crippen molar-refractivity contribution >= 4 is 17.7 Å². The minimum absolute atomic E-state index is 0.0134. The highest BCUT2D eigenvalue weighted by molar-refractivity contribution is 5.94. The van der Waals surface area contributed by atoms with E-state index in [1.54, 1.807) is 19.2 Å². The molecular weight excluding hydrogens is 305 g/mol. The lowest BCUT2D eigenvalue weighted by molar-refractivity contribution is -0.148. The van der Waals surface area contributed by atoms with Crippen LogP contribution in [-0.2, 0) is 19.0 Å². The molecule has 1 saturated heterocycles. The highest BCUT2D eigenvalue weighted by Crippen LogP contribution is 2.40. The van der Waals surface area contributed by atoms with E-state index < -0.39 is 18.2 Å². The van der Waals surface area contributed by atoms with Crippen molar-refractivity contribution in [3.05, 3.63) is 29.6 Å². The van der Waals surface area contributed by atoms with Gasteiger partial charge in [-0.05, 0) is 36.5 Å². The normalized spacial score (nSPS) is 26.7. The Morgan fingerprint density at radius 3 is 2.70 bits per heavy atom. The Hall–Kier alpha value is -2.15. The van der Waals surface area contributed by atoms with Crippen molar-refractivity contribution in [2.45, 2.75) is 31.0 Å². The first kappa shape index (κ1) is 15.7. The van der Waals surface area contributed by atoms with Gasteiger partial charge in [-0.25, -0.2) is 14.0 Å². The summed E-state index contributed by atoms with van der Waals surface area (Å²) in [7, 11) is 2.87. The minimum Gasteiger partial charge on any atom is -0.466 e. The summed E-state index contributed by atoms with van der Waals surface area (Å²) in [4.78, 5) is 24.5. The maximum absolute atomic E-state index is 14.3. The number of amides is 1. The van der Waals surface area contributed by atoms with E-state index in [-0.39, 0.29) is 24.4 Å². The van der Waals surface area contributed by atoms with Gasteiger partial charge < -0.3 is 14.2 Å². The summed E-state index contributed by atoms with van der Waals surface area (Å²) in [5, 5.41) is 0. The zero-order chi connectivity index (χ0) is 16.6. The SMILES string of the molecule is COC(=O)[C@H]1CN(c2ccc(C3CC(OC)C3)c(F)c2)C(=O)O1. The number of esters is 1. The number of rotatable bonds is 4. The van der Waals surface area contributed by atoms with Crippen LogP contribution in [0.15, 0.2) is 18.2 Å². The Bertz CT molecular complexity index is 629. The van der Waals surface area contributed by atoms with Gasteiger partial charge in [0, 0.05) is 7.11 Å². The number of carbonyl (C=O) groups excluding carboxylic acids is 2. The molecule has 1 aromatic rings. The number of methoxy groups -OCH3 is 2. The van der Waals surface area contributed by atoms with Crippen molar-refractivity contribution in [1.29, 1.82) is 0 Å². The fourth-order valence-electron chi connectivity index (χ4n) is 2.95. The topological polar surface area (TPSA) is 65.1 Å². The van der Waals surface area contributed by atoms with Gasteiger partial charge in [0.1, 0.15) is 5.82 Å². The van der Waals surface area contributed by atoms with E-state index in [1.807, 2.05) is 0 Å². The largest absolute Gasteiger partial charge is 0.466 e. The van der Waals surface area contributed by atoms with E-state index in [2.05, 4.69) is 4.74 Å². The number of hydrogen-bond donors (Lipinski definition) is 0. The predicted octanol–water partition coefficient (Wildman–Crippen LogP) is 2.22. The van der Waals surface area contributed by atoms with Crippen molar-refractivity contribution in [1.82, 2.24) is 0 Å². The molecule has 0 spiro atoms. The molecule has 6 nitrogen and oxygen atoms in total. The molecule has 0 N–H and O–H groups in total. The number of hydrogen-bond acceptors (Lipinski definition) is 5. The quantitative estimate of drug-likeness (QED) is 0.795. The third-order valence-electron chi connectivity index (χ3n) is 4.44. The average molecular weight is 323 g/mol. The fraction of sp³-hybridized carbons (Fsp3) is 0.500. The van der Waals surface area contributed by atoms with Crippen LogP contribution in [0.3, 0.4) is 0 Å². The second kappa shape index (κ2) is 6.16. The van der Waals surface area contributed by atoms with Crippen molar-refractivity contribution in [2.24, 2.45) is 0 Å². The summed E-state index contributed by atoms with van der Waals surface area (Å²) in [6, 6.07) is 4.65. The molecule has 0 bridgehead atoms. The van der Waals surface area contributed by atoms with Crippen LogP contribution in [0, 0.1) is 5.82 Å². The summed E-state index contributed by atoms with van der Waals surface area (Å²) in [6.45, 7) is 0.0134. The fourth-order valence-corrected chi connectivity index (χ4v) is 2.95. The van der Waals surface area contributed by atoms with Crippen LogP contribution in [0.25, 0.3) is 0 Å². The summed E-state index contributed by atoms with van der Waals surface area (Å²) in [5.74, 6) is -0.850. The van der Waals surface area contributed by atoms with E-state index in [1.165, 1.54) is 18.1 Å². The molecule has 3 rings (SSSR count). The van der Waals surface area contributed by atoms with E-state index in [9.17, 15) is 14.0 Å². The number of anilines is 1. The number of nitrogens with zero attached hydrogens (tertiary/aromatic N) is 1.